The van der Waals surface area contributed by atoms with Crippen LogP contribution in [-0.4, -0.2) is 51.9 Å². The van der Waals surface area contributed by atoms with E-state index in [2.05, 4.69) is 76.7 Å². The quantitative estimate of drug-likeness (QED) is 0.265. The van der Waals surface area contributed by atoms with Crippen molar-refractivity contribution in [1.82, 2.24) is 25.4 Å². The number of rotatable bonds is 11. The molecule has 2 heterocycles. The van der Waals surface area contributed by atoms with E-state index in [9.17, 15) is 0 Å². The summed E-state index contributed by atoms with van der Waals surface area (Å²) >= 11 is 3.49. The smallest absolute Gasteiger partial charge is 0.188 e. The SMILES string of the molecule is NC(=NCCCN(Cc1ccc(Br)cc1)N1C=CCC=N1)NCCCc1cnc[nH]1. The van der Waals surface area contributed by atoms with Crippen LogP contribution in [0.1, 0.15) is 30.5 Å². The van der Waals surface area contributed by atoms with E-state index in [1.165, 1.54) is 5.56 Å². The second-order valence-electron chi connectivity index (χ2n) is 6.98. The minimum Gasteiger partial charge on any atom is -0.370 e. The standard InChI is InChI=1S/C21H29BrN8/c22-19-8-6-18(7-9-19)16-29(30-14-2-1-12-28-30)13-4-11-26-21(23)25-10-3-5-20-15-24-17-27-20/h2,6-9,12,14-15,17H,1,3-5,10-11,13,16H2,(H,24,27)(H3,23,25,26). The van der Waals surface area contributed by atoms with Crippen molar-refractivity contribution in [2.75, 3.05) is 19.6 Å². The minimum atomic E-state index is 0.495. The van der Waals surface area contributed by atoms with Crippen LogP contribution in [0.3, 0.4) is 0 Å². The fraction of sp³-hybridized carbons (Fsp3) is 0.381. The number of aromatic amines is 1. The highest BCUT2D eigenvalue weighted by molar-refractivity contribution is 9.10. The molecule has 0 fully saturated rings. The summed E-state index contributed by atoms with van der Waals surface area (Å²) in [6.07, 6.45) is 13.2. The number of guanidine groups is 1. The predicted molar refractivity (Wildman–Crippen MR) is 125 cm³/mol. The zero-order valence-corrected chi connectivity index (χ0v) is 18.6. The fourth-order valence-corrected chi connectivity index (χ4v) is 3.30. The highest BCUT2D eigenvalue weighted by Crippen LogP contribution is 2.15. The number of hydrogen-bond acceptors (Lipinski definition) is 5. The lowest BCUT2D eigenvalue weighted by molar-refractivity contribution is 0.0135. The number of aromatic nitrogens is 2. The Hall–Kier alpha value is -2.65. The summed E-state index contributed by atoms with van der Waals surface area (Å²) in [6, 6.07) is 8.37. The van der Waals surface area contributed by atoms with E-state index in [1.54, 1.807) is 6.33 Å². The molecular weight excluding hydrogens is 444 g/mol. The van der Waals surface area contributed by atoms with Crippen LogP contribution in [0.2, 0.25) is 0 Å². The third kappa shape index (κ3) is 7.64. The Morgan fingerprint density at radius 2 is 2.17 bits per heavy atom. The molecule has 0 radical (unpaired) electrons. The Kier molecular flexibility index (Phi) is 8.92. The van der Waals surface area contributed by atoms with Gasteiger partial charge in [0.15, 0.2) is 5.96 Å². The lowest BCUT2D eigenvalue weighted by atomic mass is 10.2. The topological polar surface area (TPSA) is 97.9 Å². The second-order valence-corrected chi connectivity index (χ2v) is 7.90. The van der Waals surface area contributed by atoms with Crippen molar-refractivity contribution in [1.29, 1.82) is 0 Å². The number of H-pyrrole nitrogens is 1. The molecule has 160 valence electrons. The number of hydrazone groups is 1. The maximum Gasteiger partial charge on any atom is 0.188 e. The lowest BCUT2D eigenvalue weighted by Crippen LogP contribution is -2.37. The van der Waals surface area contributed by atoms with E-state index in [4.69, 9.17) is 5.73 Å². The zero-order chi connectivity index (χ0) is 21.0. The summed E-state index contributed by atoms with van der Waals surface area (Å²) in [5.41, 5.74) is 8.35. The Morgan fingerprint density at radius 1 is 1.30 bits per heavy atom. The van der Waals surface area contributed by atoms with Crippen molar-refractivity contribution in [2.24, 2.45) is 15.8 Å². The first-order chi connectivity index (χ1) is 14.7. The third-order valence-corrected chi connectivity index (χ3v) is 5.12. The molecule has 1 aliphatic rings. The highest BCUT2D eigenvalue weighted by Gasteiger charge is 2.13. The van der Waals surface area contributed by atoms with E-state index in [0.717, 1.165) is 55.5 Å². The molecule has 8 nitrogen and oxygen atoms in total. The van der Waals surface area contributed by atoms with Crippen molar-refractivity contribution in [3.05, 3.63) is 64.8 Å². The molecule has 30 heavy (non-hydrogen) atoms. The average molecular weight is 473 g/mol. The van der Waals surface area contributed by atoms with Crippen LogP contribution < -0.4 is 11.1 Å². The molecule has 0 saturated heterocycles. The number of allylic oxidation sites excluding steroid dienone is 1. The Labute approximate surface area is 186 Å². The summed E-state index contributed by atoms with van der Waals surface area (Å²) in [4.78, 5) is 11.6. The zero-order valence-electron chi connectivity index (χ0n) is 17.0. The minimum absolute atomic E-state index is 0.495. The normalized spacial score (nSPS) is 13.9. The number of nitrogens with two attached hydrogens (primary N) is 1. The van der Waals surface area contributed by atoms with Gasteiger partial charge >= 0.3 is 0 Å². The number of halogens is 1. The van der Waals surface area contributed by atoms with Gasteiger partial charge in [0.1, 0.15) is 0 Å². The summed E-state index contributed by atoms with van der Waals surface area (Å²) < 4.78 is 1.08. The number of benzene rings is 1. The van der Waals surface area contributed by atoms with Crippen LogP contribution in [0.15, 0.2) is 63.6 Å². The molecule has 9 heteroatoms. The summed E-state index contributed by atoms with van der Waals surface area (Å²) in [7, 11) is 0. The van der Waals surface area contributed by atoms with Gasteiger partial charge in [-0.15, -0.1) is 0 Å². The van der Waals surface area contributed by atoms with Crippen LogP contribution in [0, 0.1) is 0 Å². The van der Waals surface area contributed by atoms with Gasteiger partial charge in [-0.2, -0.15) is 10.1 Å². The van der Waals surface area contributed by atoms with Gasteiger partial charge in [-0.3, -0.25) is 4.99 Å². The van der Waals surface area contributed by atoms with E-state index >= 15 is 0 Å². The van der Waals surface area contributed by atoms with Gasteiger partial charge in [0.05, 0.1) is 6.33 Å². The first kappa shape index (κ1) is 22.0. The van der Waals surface area contributed by atoms with Gasteiger partial charge in [0.25, 0.3) is 0 Å². The molecule has 4 N–H and O–H groups in total. The first-order valence-corrected chi connectivity index (χ1v) is 11.0. The van der Waals surface area contributed by atoms with Crippen molar-refractivity contribution in [2.45, 2.75) is 32.2 Å². The Morgan fingerprint density at radius 3 is 2.90 bits per heavy atom. The van der Waals surface area contributed by atoms with E-state index in [1.807, 2.05) is 23.7 Å². The lowest BCUT2D eigenvalue weighted by Gasteiger charge is -2.31. The monoisotopic (exact) mass is 472 g/mol. The van der Waals surface area contributed by atoms with Crippen LogP contribution >= 0.6 is 15.9 Å². The van der Waals surface area contributed by atoms with Gasteiger partial charge < -0.3 is 16.0 Å². The van der Waals surface area contributed by atoms with Gasteiger partial charge in [0.2, 0.25) is 0 Å². The van der Waals surface area contributed by atoms with Crippen LogP contribution in [0.25, 0.3) is 0 Å². The van der Waals surface area contributed by atoms with Gasteiger partial charge in [-0.05, 0) is 37.0 Å². The van der Waals surface area contributed by atoms with E-state index in [0.29, 0.717) is 12.5 Å². The molecule has 0 bridgehead atoms. The Bertz CT molecular complexity index is 817. The molecule has 0 atom stereocenters. The summed E-state index contributed by atoms with van der Waals surface area (Å²) in [5.74, 6) is 0.495. The molecule has 2 aromatic rings. The van der Waals surface area contributed by atoms with Gasteiger partial charge in [-0.1, -0.05) is 34.1 Å². The first-order valence-electron chi connectivity index (χ1n) is 10.2. The van der Waals surface area contributed by atoms with Crippen LogP contribution in [0.4, 0.5) is 0 Å². The third-order valence-electron chi connectivity index (χ3n) is 4.59. The number of nitrogens with zero attached hydrogens (tertiary/aromatic N) is 5. The van der Waals surface area contributed by atoms with E-state index < -0.39 is 0 Å². The van der Waals surface area contributed by atoms with Crippen LogP contribution in [-0.2, 0) is 13.0 Å². The number of aryl methyl sites for hydroxylation is 1. The maximum absolute atomic E-state index is 5.99. The highest BCUT2D eigenvalue weighted by atomic mass is 79.9. The van der Waals surface area contributed by atoms with Gasteiger partial charge in [-0.25, -0.2) is 10.1 Å². The maximum atomic E-state index is 5.99. The van der Waals surface area contributed by atoms with Crippen LogP contribution in [0.5, 0.6) is 0 Å². The summed E-state index contributed by atoms with van der Waals surface area (Å²) in [6.45, 7) is 3.06. The number of imidazole rings is 1. The van der Waals surface area contributed by atoms with Gasteiger partial charge in [0, 0.05) is 61.4 Å². The summed E-state index contributed by atoms with van der Waals surface area (Å²) in [5, 5.41) is 11.8. The molecule has 3 rings (SSSR count). The number of aliphatic imine (C=N–C) groups is 1. The number of nitrogens with one attached hydrogen (secondary N) is 2. The van der Waals surface area contributed by atoms with Crippen molar-refractivity contribution in [3.8, 4) is 0 Å². The molecule has 1 aliphatic heterocycles. The van der Waals surface area contributed by atoms with E-state index in [-0.39, 0.29) is 0 Å². The molecular formula is C21H29BrN8. The number of hydrogen-bond donors (Lipinski definition) is 3. The molecule has 1 aromatic heterocycles. The fourth-order valence-electron chi connectivity index (χ4n) is 3.03. The average Bonchev–Trinajstić information content (AvgIpc) is 3.29. The molecule has 0 unspecified atom stereocenters. The number of hydrazine groups is 1. The second kappa shape index (κ2) is 12.1. The molecule has 0 aliphatic carbocycles. The molecule has 0 saturated carbocycles. The van der Waals surface area contributed by atoms with Crippen molar-refractivity contribution in [3.63, 3.8) is 0 Å². The molecule has 0 spiro atoms. The molecule has 1 aromatic carbocycles. The van der Waals surface area contributed by atoms with Crippen molar-refractivity contribution >= 4 is 28.1 Å². The molecule has 0 amide bonds. The predicted octanol–water partition coefficient (Wildman–Crippen LogP) is 3.02. The van der Waals surface area contributed by atoms with Crippen molar-refractivity contribution < 1.29 is 0 Å². The largest absolute Gasteiger partial charge is 0.370 e. The Balaban J connectivity index is 1.42.